The van der Waals surface area contributed by atoms with Crippen molar-refractivity contribution in [2.24, 2.45) is 0 Å². The Hall–Kier alpha value is -1.24. The molecule has 0 fully saturated rings. The van der Waals surface area contributed by atoms with E-state index in [1.54, 1.807) is 6.92 Å². The smallest absolute Gasteiger partial charge is 0.302 e. The highest BCUT2D eigenvalue weighted by Gasteiger charge is 2.42. The number of benzene rings is 1. The van der Waals surface area contributed by atoms with Gasteiger partial charge in [-0.15, -0.1) is 0 Å². The molecule has 1 rings (SSSR count). The minimum absolute atomic E-state index is 0.0252. The van der Waals surface area contributed by atoms with Crippen LogP contribution in [0.2, 0.25) is 0 Å². The van der Waals surface area contributed by atoms with Crippen molar-refractivity contribution in [3.8, 4) is 0 Å². The van der Waals surface area contributed by atoms with Crippen LogP contribution in [-0.4, -0.2) is 12.7 Å². The molecule has 0 aliphatic rings. The fourth-order valence-corrected chi connectivity index (χ4v) is 1.45. The molecule has 1 aromatic rings. The first-order valence-electron chi connectivity index (χ1n) is 5.22. The van der Waals surface area contributed by atoms with Crippen molar-refractivity contribution >= 4 is 0 Å². The molecule has 0 aliphatic heterocycles. The highest BCUT2D eigenvalue weighted by atomic mass is 19.4. The summed E-state index contributed by atoms with van der Waals surface area (Å²) >= 11 is 0. The first-order chi connectivity index (χ1) is 8.27. The molecule has 0 amide bonds. The molecule has 1 N–H and O–H groups in total. The lowest BCUT2D eigenvalue weighted by molar-refractivity contribution is -0.158. The number of hydrogen-bond donors (Lipinski definition) is 1. The first-order valence-corrected chi connectivity index (χ1v) is 5.22. The van der Waals surface area contributed by atoms with Gasteiger partial charge in [-0.1, -0.05) is 6.92 Å². The van der Waals surface area contributed by atoms with Gasteiger partial charge in [0.1, 0.15) is 11.9 Å². The first kappa shape index (κ1) is 14.8. The zero-order valence-electron chi connectivity index (χ0n) is 9.41. The predicted octanol–water partition coefficient (Wildman–Crippen LogP) is 3.71. The lowest BCUT2D eigenvalue weighted by Crippen LogP contribution is -2.35. The molecule has 102 valence electrons. The summed E-state index contributed by atoms with van der Waals surface area (Å²) in [5, 5.41) is 2.06. The van der Waals surface area contributed by atoms with Crippen LogP contribution in [0.25, 0.3) is 0 Å². The molecule has 7 heteroatoms. The van der Waals surface area contributed by atoms with Crippen molar-refractivity contribution in [1.82, 2.24) is 5.32 Å². The van der Waals surface area contributed by atoms with Gasteiger partial charge in [0.2, 0.25) is 0 Å². The van der Waals surface area contributed by atoms with Crippen LogP contribution in [-0.2, 0) is 0 Å². The molecule has 0 saturated carbocycles. The van der Waals surface area contributed by atoms with Gasteiger partial charge in [0.05, 0.1) is 0 Å². The Bertz CT molecular complexity index is 415. The van der Waals surface area contributed by atoms with Crippen LogP contribution in [0.3, 0.4) is 0 Å². The second kappa shape index (κ2) is 5.60. The minimum Gasteiger partial charge on any atom is -0.302 e. The molecule has 0 spiro atoms. The van der Waals surface area contributed by atoms with Gasteiger partial charge in [0.25, 0.3) is 0 Å². The lowest BCUT2D eigenvalue weighted by atomic mass is 10.1. The summed E-state index contributed by atoms with van der Waals surface area (Å²) < 4.78 is 76.9. The summed E-state index contributed by atoms with van der Waals surface area (Å²) in [4.78, 5) is 0. The maximum atomic E-state index is 13.3. The highest BCUT2D eigenvalue weighted by Crippen LogP contribution is 2.34. The van der Waals surface area contributed by atoms with E-state index in [-0.39, 0.29) is 18.7 Å². The van der Waals surface area contributed by atoms with Crippen LogP contribution in [0.5, 0.6) is 0 Å². The molecule has 1 nitrogen and oxygen atoms in total. The topological polar surface area (TPSA) is 12.0 Å². The fraction of sp³-hybridized carbons (Fsp3) is 0.455. The van der Waals surface area contributed by atoms with Gasteiger partial charge in [0.15, 0.2) is 11.6 Å². The number of hydrogen-bond acceptors (Lipinski definition) is 1. The molecule has 0 radical (unpaired) electrons. The monoisotopic (exact) mass is 271 g/mol. The molecule has 0 aromatic heterocycles. The Kier molecular flexibility index (Phi) is 4.61. The van der Waals surface area contributed by atoms with Crippen LogP contribution >= 0.6 is 0 Å². The van der Waals surface area contributed by atoms with E-state index < -0.39 is 35.2 Å². The number of nitrogens with one attached hydrogen (secondary N) is 1. The highest BCUT2D eigenvalue weighted by molar-refractivity contribution is 5.24. The average Bonchev–Trinajstić information content (AvgIpc) is 2.24. The Labute approximate surface area is 99.8 Å². The van der Waals surface area contributed by atoms with Crippen molar-refractivity contribution in [1.29, 1.82) is 0 Å². The summed E-state index contributed by atoms with van der Waals surface area (Å²) in [6.45, 7) is 1.60. The van der Waals surface area contributed by atoms with Crippen LogP contribution in [0.1, 0.15) is 24.9 Å². The van der Waals surface area contributed by atoms with E-state index >= 15 is 0 Å². The average molecular weight is 271 g/mol. The Morgan fingerprint density at radius 2 is 1.61 bits per heavy atom. The molecule has 0 saturated heterocycles. The standard InChI is InChI=1S/C11H11F6N/c1-2-3-18-10(11(15,16)17)6-4-8(13)9(14)5-7(6)12/h4-5,10,18H,2-3H2,1H3. The molecule has 1 atom stereocenters. The SMILES string of the molecule is CCCNC(c1cc(F)c(F)cc1F)C(F)(F)F. The van der Waals surface area contributed by atoms with Crippen molar-refractivity contribution in [2.45, 2.75) is 25.6 Å². The van der Waals surface area contributed by atoms with Gasteiger partial charge in [-0.3, -0.25) is 0 Å². The van der Waals surface area contributed by atoms with Crippen molar-refractivity contribution in [2.75, 3.05) is 6.54 Å². The molecular weight excluding hydrogens is 260 g/mol. The molecular formula is C11H11F6N. The molecule has 1 aromatic carbocycles. The maximum absolute atomic E-state index is 13.3. The molecule has 18 heavy (non-hydrogen) atoms. The third-order valence-electron chi connectivity index (χ3n) is 2.28. The van der Waals surface area contributed by atoms with Crippen molar-refractivity contribution in [3.63, 3.8) is 0 Å². The second-order valence-electron chi connectivity index (χ2n) is 3.72. The van der Waals surface area contributed by atoms with Crippen molar-refractivity contribution < 1.29 is 26.3 Å². The van der Waals surface area contributed by atoms with E-state index in [2.05, 4.69) is 5.32 Å². The Balaban J connectivity index is 3.16. The zero-order valence-corrected chi connectivity index (χ0v) is 9.41. The van der Waals surface area contributed by atoms with Crippen LogP contribution in [0.15, 0.2) is 12.1 Å². The summed E-state index contributed by atoms with van der Waals surface area (Å²) in [7, 11) is 0. The van der Waals surface area contributed by atoms with Crippen LogP contribution in [0, 0.1) is 17.5 Å². The zero-order chi connectivity index (χ0) is 13.9. The summed E-state index contributed by atoms with van der Waals surface area (Å²) in [6, 6.07) is -2.02. The minimum atomic E-state index is -4.79. The third-order valence-corrected chi connectivity index (χ3v) is 2.28. The Morgan fingerprint density at radius 3 is 2.11 bits per heavy atom. The van der Waals surface area contributed by atoms with Gasteiger partial charge >= 0.3 is 6.18 Å². The van der Waals surface area contributed by atoms with Gasteiger partial charge in [-0.05, 0) is 19.0 Å². The number of alkyl halides is 3. The maximum Gasteiger partial charge on any atom is 0.408 e. The fourth-order valence-electron chi connectivity index (χ4n) is 1.45. The lowest BCUT2D eigenvalue weighted by Gasteiger charge is -2.22. The van der Waals surface area contributed by atoms with Gasteiger partial charge < -0.3 is 5.32 Å². The summed E-state index contributed by atoms with van der Waals surface area (Å²) in [6.07, 6.45) is -4.40. The second-order valence-corrected chi connectivity index (χ2v) is 3.72. The summed E-state index contributed by atoms with van der Waals surface area (Å²) in [5.41, 5.74) is -0.949. The molecule has 0 aliphatic carbocycles. The molecule has 0 bridgehead atoms. The summed E-state index contributed by atoms with van der Waals surface area (Å²) in [5.74, 6) is -4.47. The van der Waals surface area contributed by atoms with Crippen LogP contribution < -0.4 is 5.32 Å². The van der Waals surface area contributed by atoms with E-state index in [0.29, 0.717) is 6.42 Å². The van der Waals surface area contributed by atoms with E-state index in [9.17, 15) is 26.3 Å². The van der Waals surface area contributed by atoms with Gasteiger partial charge in [-0.25, -0.2) is 13.2 Å². The molecule has 0 heterocycles. The van der Waals surface area contributed by atoms with E-state index in [0.717, 1.165) is 0 Å². The predicted molar refractivity (Wildman–Crippen MR) is 53.4 cm³/mol. The van der Waals surface area contributed by atoms with Crippen LogP contribution in [0.4, 0.5) is 26.3 Å². The van der Waals surface area contributed by atoms with Gasteiger partial charge in [0, 0.05) is 11.6 Å². The van der Waals surface area contributed by atoms with E-state index in [1.807, 2.05) is 0 Å². The Morgan fingerprint density at radius 1 is 1.06 bits per heavy atom. The van der Waals surface area contributed by atoms with Crippen molar-refractivity contribution in [3.05, 3.63) is 35.1 Å². The largest absolute Gasteiger partial charge is 0.408 e. The van der Waals surface area contributed by atoms with Gasteiger partial charge in [-0.2, -0.15) is 13.2 Å². The van der Waals surface area contributed by atoms with E-state index in [4.69, 9.17) is 0 Å². The normalized spacial score (nSPS) is 13.7. The number of rotatable bonds is 4. The number of halogens is 6. The molecule has 1 unspecified atom stereocenters. The quantitative estimate of drug-likeness (QED) is 0.650. The van der Waals surface area contributed by atoms with E-state index in [1.165, 1.54) is 0 Å². The third kappa shape index (κ3) is 3.38.